The van der Waals surface area contributed by atoms with E-state index in [-0.39, 0.29) is 5.91 Å². The Morgan fingerprint density at radius 1 is 1.10 bits per heavy atom. The fraction of sp³-hybridized carbons (Fsp3) is 0.219. The number of carbonyl (C=O) groups excluding carboxylic acids is 2. The van der Waals surface area contributed by atoms with Crippen LogP contribution in [-0.2, 0) is 5.75 Å². The number of anilines is 1. The first kappa shape index (κ1) is 29.7. The number of aromatic nitrogens is 1. The van der Waals surface area contributed by atoms with Crippen molar-refractivity contribution in [2.45, 2.75) is 36.7 Å². The zero-order chi connectivity index (χ0) is 29.5. The van der Waals surface area contributed by atoms with Crippen molar-refractivity contribution in [2.75, 3.05) is 19.0 Å². The summed E-state index contributed by atoms with van der Waals surface area (Å²) in [5, 5.41) is 5.72. The average Bonchev–Trinajstić information content (AvgIpc) is 3.02. The van der Waals surface area contributed by atoms with E-state index < -0.39 is 12.1 Å². The molecule has 0 aliphatic carbocycles. The molecule has 0 bridgehead atoms. The quantitative estimate of drug-likeness (QED) is 0.0986. The van der Waals surface area contributed by atoms with Crippen molar-refractivity contribution in [3.8, 4) is 11.5 Å². The number of ether oxygens (including phenoxy) is 2. The normalized spacial score (nSPS) is 14.1. The van der Waals surface area contributed by atoms with Gasteiger partial charge in [0.1, 0.15) is 17.7 Å². The Hall–Kier alpha value is -3.77. The van der Waals surface area contributed by atoms with Gasteiger partial charge in [0.2, 0.25) is 0 Å². The van der Waals surface area contributed by atoms with Crippen molar-refractivity contribution < 1.29 is 19.1 Å². The fourth-order valence-corrected chi connectivity index (χ4v) is 5.83. The number of carbonyl (C=O) groups is 2. The third-order valence-corrected chi connectivity index (χ3v) is 8.38. The number of methoxy groups -OCH3 is 1. The third kappa shape index (κ3) is 6.99. The van der Waals surface area contributed by atoms with Crippen LogP contribution in [0.2, 0.25) is 0 Å². The van der Waals surface area contributed by atoms with Crippen LogP contribution in [0.4, 0.5) is 5.69 Å². The van der Waals surface area contributed by atoms with Crippen molar-refractivity contribution >= 4 is 51.9 Å². The summed E-state index contributed by atoms with van der Waals surface area (Å²) in [7, 11) is 1.64. The van der Waals surface area contributed by atoms with Gasteiger partial charge in [0.25, 0.3) is 11.8 Å². The lowest BCUT2D eigenvalue weighted by Crippen LogP contribution is -2.52. The monoisotopic (exact) mass is 694 g/mol. The lowest BCUT2D eigenvalue weighted by atomic mass is 10.0. The Morgan fingerprint density at radius 3 is 2.67 bits per heavy atom. The number of nitrogens with one attached hydrogen (secondary N) is 2. The van der Waals surface area contributed by atoms with Crippen LogP contribution in [-0.4, -0.2) is 35.5 Å². The van der Waals surface area contributed by atoms with E-state index in [0.717, 1.165) is 38.3 Å². The number of benzene rings is 3. The van der Waals surface area contributed by atoms with Gasteiger partial charge in [-0.25, -0.2) is 9.99 Å². The van der Waals surface area contributed by atoms with Gasteiger partial charge in [-0.2, -0.15) is 0 Å². The standard InChI is InChI=1S/C32H31IN4O4S/c1-3-4-17-41-25-12-8-21(9-13-25)31(38)36-37-30(35-27-14-11-24(33)19-26(27)32(37)39)22-10-15-28(40-2)23(18-22)20-42-29-7-5-6-16-34-29/h5-16,18-19,30,35H,3-4,17,20H2,1-2H3,(H,36,38)/t30-/m1/s1. The van der Waals surface area contributed by atoms with E-state index in [4.69, 9.17) is 9.47 Å². The number of thioether (sulfide) groups is 1. The highest BCUT2D eigenvalue weighted by Gasteiger charge is 2.35. The van der Waals surface area contributed by atoms with E-state index in [0.29, 0.717) is 34.9 Å². The Labute approximate surface area is 263 Å². The molecule has 0 fully saturated rings. The van der Waals surface area contributed by atoms with Gasteiger partial charge in [-0.15, -0.1) is 11.8 Å². The molecule has 4 aromatic rings. The Kier molecular flexibility index (Phi) is 9.85. The molecular formula is C32H31IN4O4S. The van der Waals surface area contributed by atoms with Gasteiger partial charge in [0, 0.05) is 32.3 Å². The van der Waals surface area contributed by atoms with Gasteiger partial charge in [0.05, 0.1) is 24.3 Å². The summed E-state index contributed by atoms with van der Waals surface area (Å²) in [6.45, 7) is 2.73. The van der Waals surface area contributed by atoms with Crippen molar-refractivity contribution in [3.63, 3.8) is 0 Å². The number of hydrazine groups is 1. The molecule has 0 saturated heterocycles. The minimum atomic E-state index is -0.657. The van der Waals surface area contributed by atoms with Gasteiger partial charge in [-0.1, -0.05) is 25.5 Å². The number of nitrogens with zero attached hydrogens (tertiary/aromatic N) is 2. The first-order chi connectivity index (χ1) is 20.5. The molecule has 1 aromatic heterocycles. The molecule has 1 atom stereocenters. The van der Waals surface area contributed by atoms with Gasteiger partial charge < -0.3 is 14.8 Å². The highest BCUT2D eigenvalue weighted by atomic mass is 127. The molecule has 2 amide bonds. The fourth-order valence-electron chi connectivity index (χ4n) is 4.50. The minimum absolute atomic E-state index is 0.305. The number of unbranched alkanes of at least 4 members (excludes halogenated alkanes) is 1. The first-order valence-electron chi connectivity index (χ1n) is 13.6. The molecule has 0 unspecified atom stereocenters. The Bertz CT molecular complexity index is 1550. The summed E-state index contributed by atoms with van der Waals surface area (Å²) in [4.78, 5) is 31.7. The molecule has 0 radical (unpaired) electrons. The van der Waals surface area contributed by atoms with E-state index in [1.54, 1.807) is 49.3 Å². The van der Waals surface area contributed by atoms with Crippen LogP contribution in [0.5, 0.6) is 11.5 Å². The second-order valence-electron chi connectivity index (χ2n) is 9.61. The molecule has 1 aliphatic rings. The van der Waals surface area contributed by atoms with Crippen LogP contribution in [0.1, 0.15) is 57.8 Å². The van der Waals surface area contributed by atoms with Crippen molar-refractivity contribution in [3.05, 3.63) is 111 Å². The van der Waals surface area contributed by atoms with E-state index in [9.17, 15) is 9.59 Å². The van der Waals surface area contributed by atoms with E-state index in [1.165, 1.54) is 5.01 Å². The summed E-state index contributed by atoms with van der Waals surface area (Å²) in [5.74, 6) is 1.34. The zero-order valence-electron chi connectivity index (χ0n) is 23.3. The summed E-state index contributed by atoms with van der Waals surface area (Å²) in [6.07, 6.45) is 3.11. The van der Waals surface area contributed by atoms with Crippen molar-refractivity contribution in [1.29, 1.82) is 0 Å². The first-order valence-corrected chi connectivity index (χ1v) is 15.7. The van der Waals surface area contributed by atoms with Crippen molar-refractivity contribution in [2.24, 2.45) is 0 Å². The number of rotatable bonds is 11. The lowest BCUT2D eigenvalue weighted by Gasteiger charge is -2.38. The van der Waals surface area contributed by atoms with Crippen molar-refractivity contribution in [1.82, 2.24) is 15.4 Å². The number of hydrogen-bond acceptors (Lipinski definition) is 7. The van der Waals surface area contributed by atoms with E-state index in [1.807, 2.05) is 54.6 Å². The topological polar surface area (TPSA) is 92.8 Å². The second kappa shape index (κ2) is 13.9. The molecule has 42 heavy (non-hydrogen) atoms. The Morgan fingerprint density at radius 2 is 1.93 bits per heavy atom. The van der Waals surface area contributed by atoms with Crippen LogP contribution in [0.3, 0.4) is 0 Å². The molecule has 1 aliphatic heterocycles. The maximum absolute atomic E-state index is 13.8. The second-order valence-corrected chi connectivity index (χ2v) is 11.8. The summed E-state index contributed by atoms with van der Waals surface area (Å²) >= 11 is 3.77. The Balaban J connectivity index is 1.43. The molecule has 0 saturated carbocycles. The molecular weight excluding hydrogens is 663 g/mol. The van der Waals surface area contributed by atoms with E-state index >= 15 is 0 Å². The van der Waals surface area contributed by atoms with Crippen LogP contribution in [0.25, 0.3) is 0 Å². The smallest absolute Gasteiger partial charge is 0.276 e. The zero-order valence-corrected chi connectivity index (χ0v) is 26.3. The minimum Gasteiger partial charge on any atom is -0.496 e. The SMILES string of the molecule is CCCCOc1ccc(C(=O)NN2C(=O)c3cc(I)ccc3N[C@H]2c2ccc(OC)c(CSc3ccccn3)c2)cc1. The number of pyridine rings is 1. The van der Waals surface area contributed by atoms with E-state index in [2.05, 4.69) is 45.2 Å². The van der Waals surface area contributed by atoms with Crippen LogP contribution >= 0.6 is 34.4 Å². The highest BCUT2D eigenvalue weighted by molar-refractivity contribution is 14.1. The van der Waals surface area contributed by atoms with Gasteiger partial charge in [-0.05, 0) is 101 Å². The molecule has 3 aromatic carbocycles. The molecule has 8 nitrogen and oxygen atoms in total. The van der Waals surface area contributed by atoms with Gasteiger partial charge in [-0.3, -0.25) is 15.0 Å². The molecule has 2 heterocycles. The van der Waals surface area contributed by atoms with Gasteiger partial charge in [0.15, 0.2) is 0 Å². The van der Waals surface area contributed by atoms with Crippen LogP contribution in [0.15, 0.2) is 90.1 Å². The molecule has 2 N–H and O–H groups in total. The molecule has 10 heteroatoms. The molecule has 0 spiro atoms. The summed E-state index contributed by atoms with van der Waals surface area (Å²) in [6, 6.07) is 24.2. The largest absolute Gasteiger partial charge is 0.496 e. The number of fused-ring (bicyclic) bond motifs is 1. The maximum Gasteiger partial charge on any atom is 0.276 e. The maximum atomic E-state index is 13.8. The highest BCUT2D eigenvalue weighted by Crippen LogP contribution is 2.36. The average molecular weight is 695 g/mol. The summed E-state index contributed by atoms with van der Waals surface area (Å²) < 4.78 is 12.3. The van der Waals surface area contributed by atoms with Crippen LogP contribution in [0, 0.1) is 3.57 Å². The number of halogens is 1. The predicted molar refractivity (Wildman–Crippen MR) is 173 cm³/mol. The number of amides is 2. The molecule has 216 valence electrons. The summed E-state index contributed by atoms with van der Waals surface area (Å²) in [5.41, 5.74) is 6.20. The number of hydrogen-bond donors (Lipinski definition) is 2. The predicted octanol–water partition coefficient (Wildman–Crippen LogP) is 7.08. The molecule has 5 rings (SSSR count). The van der Waals surface area contributed by atoms with Gasteiger partial charge >= 0.3 is 0 Å². The third-order valence-electron chi connectivity index (χ3n) is 6.72. The van der Waals surface area contributed by atoms with Crippen LogP contribution < -0.4 is 20.2 Å². The lowest BCUT2D eigenvalue weighted by molar-refractivity contribution is 0.0490.